The molecule has 0 spiro atoms. The molecule has 0 radical (unpaired) electrons. The van der Waals surface area contributed by atoms with Crippen molar-refractivity contribution in [2.24, 2.45) is 4.99 Å². The van der Waals surface area contributed by atoms with E-state index < -0.39 is 0 Å². The SMILES string of the molecule is COc1cc(/C=C2\S/C(=N/c3nnc(C)s3)NC2=O)cc(OC)c1OC. The minimum Gasteiger partial charge on any atom is -0.493 e. The Bertz CT molecular complexity index is 882. The molecule has 2 aromatic rings. The van der Waals surface area contributed by atoms with E-state index in [4.69, 9.17) is 14.2 Å². The molecule has 1 aliphatic heterocycles. The number of carbonyl (C=O) groups is 1. The Hall–Kier alpha value is -2.59. The first kappa shape index (κ1) is 18.2. The number of methoxy groups -OCH3 is 3. The Kier molecular flexibility index (Phi) is 5.43. The van der Waals surface area contributed by atoms with Gasteiger partial charge in [0.1, 0.15) is 5.01 Å². The van der Waals surface area contributed by atoms with E-state index in [0.717, 1.165) is 10.6 Å². The Labute approximate surface area is 158 Å². The van der Waals surface area contributed by atoms with Gasteiger partial charge in [0.2, 0.25) is 10.9 Å². The molecule has 1 aromatic heterocycles. The summed E-state index contributed by atoms with van der Waals surface area (Å²) in [7, 11) is 4.62. The van der Waals surface area contributed by atoms with Crippen LogP contribution >= 0.6 is 23.1 Å². The molecule has 1 aromatic carbocycles. The number of ether oxygens (including phenoxy) is 3. The van der Waals surface area contributed by atoms with Gasteiger partial charge in [-0.3, -0.25) is 4.79 Å². The fourth-order valence-electron chi connectivity index (χ4n) is 2.23. The van der Waals surface area contributed by atoms with E-state index in [2.05, 4.69) is 20.5 Å². The van der Waals surface area contributed by atoms with E-state index in [1.807, 2.05) is 6.92 Å². The summed E-state index contributed by atoms with van der Waals surface area (Å²) in [6, 6.07) is 3.54. The van der Waals surface area contributed by atoms with Crippen molar-refractivity contribution in [1.29, 1.82) is 0 Å². The lowest BCUT2D eigenvalue weighted by Crippen LogP contribution is -2.19. The van der Waals surface area contributed by atoms with Crippen molar-refractivity contribution in [3.05, 3.63) is 27.6 Å². The second kappa shape index (κ2) is 7.75. The first-order chi connectivity index (χ1) is 12.5. The third-order valence-corrected chi connectivity index (χ3v) is 4.99. The van der Waals surface area contributed by atoms with Crippen LogP contribution in [0, 0.1) is 6.92 Å². The average Bonchev–Trinajstić information content (AvgIpc) is 3.19. The number of carbonyl (C=O) groups excluding carboxylic acids is 1. The van der Waals surface area contributed by atoms with Gasteiger partial charge in [0, 0.05) is 0 Å². The summed E-state index contributed by atoms with van der Waals surface area (Å²) in [4.78, 5) is 17.0. The molecule has 0 bridgehead atoms. The molecule has 1 saturated heterocycles. The molecule has 1 amide bonds. The number of benzene rings is 1. The predicted molar refractivity (Wildman–Crippen MR) is 102 cm³/mol. The maximum Gasteiger partial charge on any atom is 0.264 e. The van der Waals surface area contributed by atoms with Crippen LogP contribution in [0.5, 0.6) is 17.2 Å². The fraction of sp³-hybridized carbons (Fsp3) is 0.250. The summed E-state index contributed by atoms with van der Waals surface area (Å²) in [6.07, 6.45) is 1.73. The normalized spacial score (nSPS) is 16.8. The lowest BCUT2D eigenvalue weighted by atomic mass is 10.1. The number of nitrogens with zero attached hydrogens (tertiary/aromatic N) is 3. The number of aliphatic imine (C=N–C) groups is 1. The molecule has 1 N–H and O–H groups in total. The lowest BCUT2D eigenvalue weighted by molar-refractivity contribution is -0.115. The quantitative estimate of drug-likeness (QED) is 0.782. The third-order valence-electron chi connectivity index (χ3n) is 3.35. The number of amidine groups is 1. The van der Waals surface area contributed by atoms with Gasteiger partial charge in [-0.25, -0.2) is 0 Å². The van der Waals surface area contributed by atoms with Crippen LogP contribution in [0.3, 0.4) is 0 Å². The van der Waals surface area contributed by atoms with Crippen LogP contribution in [0.15, 0.2) is 22.0 Å². The number of rotatable bonds is 5. The first-order valence-electron chi connectivity index (χ1n) is 7.43. The monoisotopic (exact) mass is 392 g/mol. The van der Waals surface area contributed by atoms with Crippen molar-refractivity contribution in [3.63, 3.8) is 0 Å². The highest BCUT2D eigenvalue weighted by atomic mass is 32.2. The molecule has 3 rings (SSSR count). The molecule has 0 saturated carbocycles. The predicted octanol–water partition coefficient (Wildman–Crippen LogP) is 2.76. The van der Waals surface area contributed by atoms with Gasteiger partial charge in [-0.1, -0.05) is 11.3 Å². The maximum atomic E-state index is 12.2. The zero-order chi connectivity index (χ0) is 18.7. The maximum absolute atomic E-state index is 12.2. The van der Waals surface area contributed by atoms with Crippen molar-refractivity contribution >= 4 is 45.4 Å². The first-order valence-corrected chi connectivity index (χ1v) is 9.07. The minimum atomic E-state index is -0.233. The second-order valence-electron chi connectivity index (χ2n) is 5.04. The van der Waals surface area contributed by atoms with Crippen LogP contribution < -0.4 is 19.5 Å². The summed E-state index contributed by atoms with van der Waals surface area (Å²) in [6.45, 7) is 1.84. The van der Waals surface area contributed by atoms with E-state index in [9.17, 15) is 4.79 Å². The molecule has 0 atom stereocenters. The highest BCUT2D eigenvalue weighted by Crippen LogP contribution is 2.39. The van der Waals surface area contributed by atoms with Crippen LogP contribution in [-0.2, 0) is 4.79 Å². The van der Waals surface area contributed by atoms with Gasteiger partial charge in [-0.15, -0.1) is 10.2 Å². The van der Waals surface area contributed by atoms with Crippen molar-refractivity contribution in [3.8, 4) is 17.2 Å². The van der Waals surface area contributed by atoms with E-state index in [1.165, 1.54) is 30.2 Å². The number of hydrogen-bond donors (Lipinski definition) is 1. The largest absolute Gasteiger partial charge is 0.493 e. The molecule has 8 nitrogen and oxygen atoms in total. The fourth-order valence-corrected chi connectivity index (χ4v) is 3.68. The van der Waals surface area contributed by atoms with Crippen molar-refractivity contribution in [2.45, 2.75) is 6.92 Å². The third kappa shape index (κ3) is 3.81. The average molecular weight is 392 g/mol. The Morgan fingerprint density at radius 3 is 2.35 bits per heavy atom. The zero-order valence-electron chi connectivity index (χ0n) is 14.5. The number of amides is 1. The van der Waals surface area contributed by atoms with Crippen molar-refractivity contribution in [2.75, 3.05) is 21.3 Å². The van der Waals surface area contributed by atoms with Gasteiger partial charge in [0.25, 0.3) is 5.91 Å². The Balaban J connectivity index is 1.90. The molecule has 136 valence electrons. The molecular weight excluding hydrogens is 376 g/mol. The van der Waals surface area contributed by atoms with Crippen LogP contribution in [0.25, 0.3) is 6.08 Å². The van der Waals surface area contributed by atoms with Crippen LogP contribution in [-0.4, -0.2) is 42.6 Å². The van der Waals surface area contributed by atoms with E-state index in [-0.39, 0.29) is 5.91 Å². The smallest absolute Gasteiger partial charge is 0.264 e. The minimum absolute atomic E-state index is 0.233. The molecule has 2 heterocycles. The van der Waals surface area contributed by atoms with E-state index in [1.54, 1.807) is 32.4 Å². The van der Waals surface area contributed by atoms with Crippen LogP contribution in [0.1, 0.15) is 10.6 Å². The molecular formula is C16H16N4O4S2. The zero-order valence-corrected chi connectivity index (χ0v) is 16.2. The molecule has 1 aliphatic rings. The van der Waals surface area contributed by atoms with E-state index in [0.29, 0.717) is 32.5 Å². The second-order valence-corrected chi connectivity index (χ2v) is 7.23. The Morgan fingerprint density at radius 1 is 1.12 bits per heavy atom. The molecule has 0 aliphatic carbocycles. The van der Waals surface area contributed by atoms with Gasteiger partial charge in [0.15, 0.2) is 16.7 Å². The summed E-state index contributed by atoms with van der Waals surface area (Å²) >= 11 is 2.59. The van der Waals surface area contributed by atoms with Gasteiger partial charge in [-0.2, -0.15) is 4.99 Å². The number of hydrogen-bond acceptors (Lipinski definition) is 9. The number of nitrogens with one attached hydrogen (secondary N) is 1. The summed E-state index contributed by atoms with van der Waals surface area (Å²) in [5, 5.41) is 12.3. The Morgan fingerprint density at radius 2 is 1.81 bits per heavy atom. The number of aryl methyl sites for hydroxylation is 1. The molecule has 10 heteroatoms. The standard InChI is InChI=1S/C16H16N4O4S2/c1-8-19-20-16(25-8)18-15-17-14(21)12(26-15)7-9-5-10(22-2)13(24-4)11(6-9)23-3/h5-7H,1-4H3,(H,17,18,20,21)/b12-7-. The number of aromatic nitrogens is 2. The molecule has 0 unspecified atom stereocenters. The van der Waals surface area contributed by atoms with Gasteiger partial charge in [-0.05, 0) is 42.5 Å². The summed E-state index contributed by atoms with van der Waals surface area (Å²) in [5.74, 6) is 1.29. The van der Waals surface area contributed by atoms with Crippen LogP contribution in [0.2, 0.25) is 0 Å². The van der Waals surface area contributed by atoms with E-state index >= 15 is 0 Å². The lowest BCUT2D eigenvalue weighted by Gasteiger charge is -2.12. The molecule has 26 heavy (non-hydrogen) atoms. The van der Waals surface area contributed by atoms with Gasteiger partial charge < -0.3 is 19.5 Å². The highest BCUT2D eigenvalue weighted by molar-refractivity contribution is 8.18. The molecule has 1 fully saturated rings. The van der Waals surface area contributed by atoms with Gasteiger partial charge in [0.05, 0.1) is 26.2 Å². The van der Waals surface area contributed by atoms with Crippen LogP contribution in [0.4, 0.5) is 5.13 Å². The van der Waals surface area contributed by atoms with Gasteiger partial charge >= 0.3 is 0 Å². The summed E-state index contributed by atoms with van der Waals surface area (Å²) in [5.41, 5.74) is 0.741. The number of thioether (sulfide) groups is 1. The van der Waals surface area contributed by atoms with Crippen molar-refractivity contribution < 1.29 is 19.0 Å². The topological polar surface area (TPSA) is 94.9 Å². The summed E-state index contributed by atoms with van der Waals surface area (Å²) < 4.78 is 16.0. The van der Waals surface area contributed by atoms with Crippen molar-refractivity contribution in [1.82, 2.24) is 15.5 Å². The highest BCUT2D eigenvalue weighted by Gasteiger charge is 2.25.